The summed E-state index contributed by atoms with van der Waals surface area (Å²) in [6, 6.07) is 10.3. The van der Waals surface area contributed by atoms with Crippen LogP contribution in [-0.2, 0) is 16.1 Å². The van der Waals surface area contributed by atoms with Gasteiger partial charge in [-0.1, -0.05) is 12.1 Å². The number of morpholine rings is 1. The third-order valence-corrected chi connectivity index (χ3v) is 4.19. The fourth-order valence-electron chi connectivity index (χ4n) is 2.79. The molecule has 3 rings (SSSR count). The van der Waals surface area contributed by atoms with Crippen molar-refractivity contribution >= 4 is 17.5 Å². The van der Waals surface area contributed by atoms with Crippen molar-refractivity contribution in [2.75, 3.05) is 18.5 Å². The Morgan fingerprint density at radius 2 is 2.08 bits per heavy atom. The summed E-state index contributed by atoms with van der Waals surface area (Å²) in [5, 5.41) is 8.86. The fraction of sp³-hybridized carbons (Fsp3) is 0.316. The van der Waals surface area contributed by atoms with Gasteiger partial charge in [0, 0.05) is 36.7 Å². The number of benzene rings is 1. The average molecular weight is 354 g/mol. The highest BCUT2D eigenvalue weighted by Crippen LogP contribution is 2.10. The van der Waals surface area contributed by atoms with E-state index >= 15 is 0 Å². The van der Waals surface area contributed by atoms with E-state index in [1.54, 1.807) is 42.7 Å². The summed E-state index contributed by atoms with van der Waals surface area (Å²) < 4.78 is 5.49. The molecule has 136 valence electrons. The second-order valence-corrected chi connectivity index (χ2v) is 6.12. The first-order valence-corrected chi connectivity index (χ1v) is 8.56. The van der Waals surface area contributed by atoms with Crippen LogP contribution >= 0.6 is 0 Å². The molecule has 0 radical (unpaired) electrons. The summed E-state index contributed by atoms with van der Waals surface area (Å²) in [6.07, 6.45) is 3.07. The third kappa shape index (κ3) is 4.65. The van der Waals surface area contributed by atoms with Crippen molar-refractivity contribution in [2.45, 2.75) is 25.6 Å². The quantitative estimate of drug-likeness (QED) is 0.753. The highest BCUT2D eigenvalue weighted by Gasteiger charge is 2.27. The molecular formula is C19H22N4O3. The van der Waals surface area contributed by atoms with E-state index in [-0.39, 0.29) is 24.0 Å². The lowest BCUT2D eigenvalue weighted by Gasteiger charge is -2.29. The molecule has 7 heteroatoms. The summed E-state index contributed by atoms with van der Waals surface area (Å²) in [4.78, 5) is 28.6. The van der Waals surface area contributed by atoms with E-state index in [0.717, 1.165) is 5.56 Å². The van der Waals surface area contributed by atoms with Crippen molar-refractivity contribution in [1.82, 2.24) is 15.6 Å². The zero-order valence-electron chi connectivity index (χ0n) is 14.6. The predicted molar refractivity (Wildman–Crippen MR) is 97.7 cm³/mol. The van der Waals surface area contributed by atoms with Gasteiger partial charge in [-0.25, -0.2) is 0 Å². The van der Waals surface area contributed by atoms with Crippen LogP contribution in [0.25, 0.3) is 0 Å². The van der Waals surface area contributed by atoms with Gasteiger partial charge in [-0.05, 0) is 36.8 Å². The number of ether oxygens (including phenoxy) is 1. The van der Waals surface area contributed by atoms with Crippen molar-refractivity contribution < 1.29 is 14.3 Å². The summed E-state index contributed by atoms with van der Waals surface area (Å²) in [5.41, 5.74) is 2.06. The molecule has 1 aromatic carbocycles. The number of carbonyl (C=O) groups is 2. The number of rotatable bonds is 5. The number of hydrogen-bond donors (Lipinski definition) is 3. The molecule has 0 unspecified atom stereocenters. The number of amides is 2. The van der Waals surface area contributed by atoms with Gasteiger partial charge in [-0.3, -0.25) is 14.6 Å². The molecule has 1 saturated heterocycles. The van der Waals surface area contributed by atoms with Crippen LogP contribution in [0.5, 0.6) is 0 Å². The molecule has 0 saturated carbocycles. The highest BCUT2D eigenvalue weighted by atomic mass is 16.5. The number of pyridine rings is 1. The third-order valence-electron chi connectivity index (χ3n) is 4.19. The van der Waals surface area contributed by atoms with E-state index in [9.17, 15) is 9.59 Å². The van der Waals surface area contributed by atoms with Crippen molar-refractivity contribution in [1.29, 1.82) is 0 Å². The van der Waals surface area contributed by atoms with E-state index in [1.165, 1.54) is 0 Å². The number of aromatic nitrogens is 1. The first kappa shape index (κ1) is 18.0. The van der Waals surface area contributed by atoms with Crippen molar-refractivity contribution in [3.05, 3.63) is 59.9 Å². The maximum Gasteiger partial charge on any atom is 0.255 e. The molecule has 2 heterocycles. The second-order valence-electron chi connectivity index (χ2n) is 6.12. The van der Waals surface area contributed by atoms with E-state index in [4.69, 9.17) is 4.74 Å². The Morgan fingerprint density at radius 3 is 2.85 bits per heavy atom. The molecule has 1 aliphatic rings. The highest BCUT2D eigenvalue weighted by molar-refractivity contribution is 6.04. The molecule has 0 spiro atoms. The van der Waals surface area contributed by atoms with E-state index in [2.05, 4.69) is 20.9 Å². The Labute approximate surface area is 152 Å². The monoisotopic (exact) mass is 354 g/mol. The molecule has 1 aromatic heterocycles. The summed E-state index contributed by atoms with van der Waals surface area (Å²) in [6.45, 7) is 3.49. The minimum Gasteiger partial charge on any atom is -0.375 e. The van der Waals surface area contributed by atoms with Gasteiger partial charge in [0.25, 0.3) is 5.91 Å². The zero-order valence-corrected chi connectivity index (χ0v) is 14.6. The van der Waals surface area contributed by atoms with E-state index < -0.39 is 0 Å². The summed E-state index contributed by atoms with van der Waals surface area (Å²) in [5.74, 6) is -0.316. The molecule has 0 aliphatic carbocycles. The van der Waals surface area contributed by atoms with Crippen molar-refractivity contribution in [3.8, 4) is 0 Å². The molecule has 1 aliphatic heterocycles. The Balaban J connectivity index is 1.58. The summed E-state index contributed by atoms with van der Waals surface area (Å²) >= 11 is 0. The van der Waals surface area contributed by atoms with Gasteiger partial charge in [0.1, 0.15) is 6.04 Å². The molecular weight excluding hydrogens is 332 g/mol. The summed E-state index contributed by atoms with van der Waals surface area (Å²) in [7, 11) is 0. The lowest BCUT2D eigenvalue weighted by atomic mass is 10.1. The Kier molecular flexibility index (Phi) is 5.93. The van der Waals surface area contributed by atoms with E-state index in [1.807, 2.05) is 13.0 Å². The molecule has 1 fully saturated rings. The largest absolute Gasteiger partial charge is 0.375 e. The van der Waals surface area contributed by atoms with Gasteiger partial charge in [-0.15, -0.1) is 0 Å². The second kappa shape index (κ2) is 8.55. The maximum absolute atomic E-state index is 12.3. The Morgan fingerprint density at radius 1 is 1.27 bits per heavy atom. The van der Waals surface area contributed by atoms with Crippen LogP contribution in [-0.4, -0.2) is 42.1 Å². The molecule has 3 N–H and O–H groups in total. The fourth-order valence-corrected chi connectivity index (χ4v) is 2.79. The van der Waals surface area contributed by atoms with Crippen LogP contribution in [0.1, 0.15) is 22.8 Å². The average Bonchev–Trinajstić information content (AvgIpc) is 2.67. The van der Waals surface area contributed by atoms with Crippen LogP contribution in [0.15, 0.2) is 48.8 Å². The lowest BCUT2D eigenvalue weighted by Crippen LogP contribution is -2.55. The maximum atomic E-state index is 12.3. The van der Waals surface area contributed by atoms with E-state index in [0.29, 0.717) is 30.9 Å². The number of hydrogen-bond acceptors (Lipinski definition) is 5. The number of anilines is 1. The van der Waals surface area contributed by atoms with Gasteiger partial charge in [-0.2, -0.15) is 0 Å². The number of carbonyl (C=O) groups excluding carboxylic acids is 2. The molecule has 2 atom stereocenters. The first-order chi connectivity index (χ1) is 12.6. The zero-order chi connectivity index (χ0) is 18.4. The van der Waals surface area contributed by atoms with Gasteiger partial charge in [0.05, 0.1) is 12.7 Å². The van der Waals surface area contributed by atoms with Gasteiger partial charge < -0.3 is 20.7 Å². The van der Waals surface area contributed by atoms with Crippen LogP contribution in [0, 0.1) is 0 Å². The van der Waals surface area contributed by atoms with Crippen LogP contribution < -0.4 is 16.0 Å². The van der Waals surface area contributed by atoms with Crippen LogP contribution in [0.2, 0.25) is 0 Å². The minimum atomic E-state index is -0.359. The molecule has 2 amide bonds. The minimum absolute atomic E-state index is 0.108. The van der Waals surface area contributed by atoms with Crippen molar-refractivity contribution in [2.24, 2.45) is 0 Å². The topological polar surface area (TPSA) is 92.4 Å². The smallest absolute Gasteiger partial charge is 0.255 e. The predicted octanol–water partition coefficient (Wildman–Crippen LogP) is 1.33. The van der Waals surface area contributed by atoms with Gasteiger partial charge >= 0.3 is 0 Å². The molecule has 7 nitrogen and oxygen atoms in total. The van der Waals surface area contributed by atoms with Gasteiger partial charge in [0.2, 0.25) is 5.91 Å². The standard InChI is InChI=1S/C19H22N4O3/c1-13-17(21-9-10-26-13)19(25)22-12-14-3-2-4-15(11-14)18(24)23-16-5-7-20-8-6-16/h2-8,11,13,17,21H,9-10,12H2,1H3,(H,22,25)(H,20,23,24)/t13-,17+/m1/s1. The molecule has 26 heavy (non-hydrogen) atoms. The Hall–Kier alpha value is -2.77. The van der Waals surface area contributed by atoms with Crippen LogP contribution in [0.3, 0.4) is 0 Å². The SMILES string of the molecule is C[C@H]1OCCN[C@@H]1C(=O)NCc1cccc(C(=O)Nc2ccncc2)c1. The molecule has 2 aromatic rings. The van der Waals surface area contributed by atoms with Crippen molar-refractivity contribution in [3.63, 3.8) is 0 Å². The first-order valence-electron chi connectivity index (χ1n) is 8.56. The van der Waals surface area contributed by atoms with Crippen LogP contribution in [0.4, 0.5) is 5.69 Å². The van der Waals surface area contributed by atoms with Gasteiger partial charge in [0.15, 0.2) is 0 Å². The number of nitrogens with zero attached hydrogens (tertiary/aromatic N) is 1. The normalized spacial score (nSPS) is 19.6. The number of nitrogens with one attached hydrogen (secondary N) is 3. The lowest BCUT2D eigenvalue weighted by molar-refractivity contribution is -0.129. The molecule has 0 bridgehead atoms. The Bertz CT molecular complexity index is 766.